The van der Waals surface area contributed by atoms with Crippen LogP contribution in [0.3, 0.4) is 0 Å². The first-order valence-electron chi connectivity index (χ1n) is 10.0. The van der Waals surface area contributed by atoms with E-state index in [-0.39, 0.29) is 11.4 Å². The molecule has 0 fully saturated rings. The molecule has 0 aliphatic carbocycles. The topological polar surface area (TPSA) is 93.2 Å². The summed E-state index contributed by atoms with van der Waals surface area (Å²) in [5.41, 5.74) is 3.02. The highest BCUT2D eigenvalue weighted by Gasteiger charge is 2.14. The zero-order valence-corrected chi connectivity index (χ0v) is 18.5. The van der Waals surface area contributed by atoms with Crippen LogP contribution in [0.4, 0.5) is 15.9 Å². The number of nitrogens with zero attached hydrogens (tertiary/aromatic N) is 2. The molecule has 0 aliphatic rings. The van der Waals surface area contributed by atoms with E-state index in [0.717, 1.165) is 28.9 Å². The van der Waals surface area contributed by atoms with Gasteiger partial charge in [-0.05, 0) is 54.1 Å². The van der Waals surface area contributed by atoms with Gasteiger partial charge in [-0.2, -0.15) is 0 Å². The van der Waals surface area contributed by atoms with Gasteiger partial charge in [0.1, 0.15) is 23.7 Å². The first-order chi connectivity index (χ1) is 15.9. The summed E-state index contributed by atoms with van der Waals surface area (Å²) in [5.74, 6) is 0.791. The molecule has 4 aromatic rings. The van der Waals surface area contributed by atoms with Crippen molar-refractivity contribution >= 4 is 21.5 Å². The van der Waals surface area contributed by atoms with Crippen LogP contribution < -0.4 is 14.8 Å². The monoisotopic (exact) mass is 464 g/mol. The standard InChI is InChI=1S/C24H21FN4O3S/c1-32-23-8-3-2-7-21(23)22-14-24(27-16-26-22)29-19-6-4-5-17(13-19)15-28-33(30,31)20-11-9-18(25)10-12-20/h2-14,16,28H,15H2,1H3,(H,26,27,29). The van der Waals surface area contributed by atoms with Crippen LogP contribution in [-0.2, 0) is 16.6 Å². The van der Waals surface area contributed by atoms with E-state index in [4.69, 9.17) is 4.74 Å². The number of anilines is 2. The predicted octanol–water partition coefficient (Wildman–Crippen LogP) is 4.51. The number of aromatic nitrogens is 2. The minimum Gasteiger partial charge on any atom is -0.496 e. The molecule has 2 N–H and O–H groups in total. The second-order valence-electron chi connectivity index (χ2n) is 7.09. The summed E-state index contributed by atoms with van der Waals surface area (Å²) < 4.78 is 45.9. The second-order valence-corrected chi connectivity index (χ2v) is 8.86. The number of halogens is 1. The Hall–Kier alpha value is -3.82. The average Bonchev–Trinajstić information content (AvgIpc) is 2.83. The molecule has 0 unspecified atom stereocenters. The minimum absolute atomic E-state index is 0.00281. The Balaban J connectivity index is 1.48. The van der Waals surface area contributed by atoms with Crippen LogP contribution >= 0.6 is 0 Å². The third-order valence-electron chi connectivity index (χ3n) is 4.84. The molecule has 4 rings (SSSR count). The van der Waals surface area contributed by atoms with Gasteiger partial charge >= 0.3 is 0 Å². The van der Waals surface area contributed by atoms with Crippen molar-refractivity contribution in [3.63, 3.8) is 0 Å². The van der Waals surface area contributed by atoms with Crippen molar-refractivity contribution in [2.45, 2.75) is 11.4 Å². The number of benzene rings is 3. The number of ether oxygens (including phenoxy) is 1. The Morgan fingerprint density at radius 1 is 0.939 bits per heavy atom. The van der Waals surface area contributed by atoms with Crippen molar-refractivity contribution < 1.29 is 17.5 Å². The fraction of sp³-hybridized carbons (Fsp3) is 0.0833. The van der Waals surface area contributed by atoms with Crippen LogP contribution in [0.2, 0.25) is 0 Å². The fourth-order valence-corrected chi connectivity index (χ4v) is 4.23. The van der Waals surface area contributed by atoms with Crippen LogP contribution in [0.25, 0.3) is 11.3 Å². The molecule has 0 amide bonds. The minimum atomic E-state index is -3.76. The maximum Gasteiger partial charge on any atom is 0.240 e. The van der Waals surface area contributed by atoms with Crippen molar-refractivity contribution in [1.82, 2.24) is 14.7 Å². The van der Waals surface area contributed by atoms with E-state index in [1.807, 2.05) is 48.5 Å². The number of para-hydroxylation sites is 1. The molecule has 1 heterocycles. The quantitative estimate of drug-likeness (QED) is 0.399. The molecular formula is C24H21FN4O3S. The Bertz CT molecular complexity index is 1360. The van der Waals surface area contributed by atoms with Gasteiger partial charge in [-0.15, -0.1) is 0 Å². The van der Waals surface area contributed by atoms with Gasteiger partial charge in [0.15, 0.2) is 0 Å². The van der Waals surface area contributed by atoms with Crippen molar-refractivity contribution in [3.05, 3.63) is 96.6 Å². The summed E-state index contributed by atoms with van der Waals surface area (Å²) in [4.78, 5) is 8.61. The van der Waals surface area contributed by atoms with Gasteiger partial charge in [-0.25, -0.2) is 27.5 Å². The highest BCUT2D eigenvalue weighted by atomic mass is 32.2. The molecule has 0 radical (unpaired) electrons. The molecule has 0 bridgehead atoms. The molecule has 0 saturated carbocycles. The van der Waals surface area contributed by atoms with E-state index in [0.29, 0.717) is 17.3 Å². The molecule has 33 heavy (non-hydrogen) atoms. The van der Waals surface area contributed by atoms with E-state index in [1.54, 1.807) is 13.2 Å². The van der Waals surface area contributed by atoms with Gasteiger partial charge in [0.25, 0.3) is 0 Å². The summed E-state index contributed by atoms with van der Waals surface area (Å²) in [7, 11) is -2.15. The van der Waals surface area contributed by atoms with Gasteiger partial charge in [0.2, 0.25) is 10.0 Å². The van der Waals surface area contributed by atoms with E-state index in [9.17, 15) is 12.8 Å². The van der Waals surface area contributed by atoms with Crippen molar-refractivity contribution in [3.8, 4) is 17.0 Å². The van der Waals surface area contributed by atoms with Crippen LogP contribution in [0.1, 0.15) is 5.56 Å². The Labute approximate surface area is 191 Å². The number of rotatable bonds is 8. The molecule has 0 spiro atoms. The molecule has 0 saturated heterocycles. The van der Waals surface area contributed by atoms with Gasteiger partial charge in [-0.1, -0.05) is 24.3 Å². The molecule has 0 atom stereocenters. The molecule has 9 heteroatoms. The highest BCUT2D eigenvalue weighted by Crippen LogP contribution is 2.29. The summed E-state index contributed by atoms with van der Waals surface area (Å²) >= 11 is 0. The van der Waals surface area contributed by atoms with E-state index in [2.05, 4.69) is 20.0 Å². The molecule has 0 aliphatic heterocycles. The molecule has 1 aromatic heterocycles. The number of hydrogen-bond donors (Lipinski definition) is 2. The van der Waals surface area contributed by atoms with Crippen LogP contribution in [0.5, 0.6) is 5.75 Å². The fourth-order valence-electron chi connectivity index (χ4n) is 3.21. The van der Waals surface area contributed by atoms with E-state index >= 15 is 0 Å². The maximum atomic E-state index is 13.1. The van der Waals surface area contributed by atoms with Gasteiger partial charge < -0.3 is 10.1 Å². The lowest BCUT2D eigenvalue weighted by atomic mass is 10.1. The normalized spacial score (nSPS) is 11.2. The zero-order valence-electron chi connectivity index (χ0n) is 17.7. The van der Waals surface area contributed by atoms with Crippen LogP contribution in [-0.4, -0.2) is 25.5 Å². The SMILES string of the molecule is COc1ccccc1-c1cc(Nc2cccc(CNS(=O)(=O)c3ccc(F)cc3)c2)ncn1. The lowest BCUT2D eigenvalue weighted by Gasteiger charge is -2.11. The van der Waals surface area contributed by atoms with E-state index < -0.39 is 15.8 Å². The Morgan fingerprint density at radius 3 is 2.52 bits per heavy atom. The zero-order chi connectivity index (χ0) is 23.3. The number of hydrogen-bond acceptors (Lipinski definition) is 6. The van der Waals surface area contributed by atoms with Crippen molar-refractivity contribution in [2.75, 3.05) is 12.4 Å². The number of sulfonamides is 1. The Morgan fingerprint density at radius 2 is 1.73 bits per heavy atom. The third kappa shape index (κ3) is 5.51. The smallest absolute Gasteiger partial charge is 0.240 e. The second kappa shape index (κ2) is 9.76. The molecule has 7 nitrogen and oxygen atoms in total. The summed E-state index contributed by atoms with van der Waals surface area (Å²) in [6.45, 7) is 0.0749. The highest BCUT2D eigenvalue weighted by molar-refractivity contribution is 7.89. The molecular weight excluding hydrogens is 443 g/mol. The summed E-state index contributed by atoms with van der Waals surface area (Å²) in [6.07, 6.45) is 1.46. The maximum absolute atomic E-state index is 13.1. The average molecular weight is 465 g/mol. The third-order valence-corrected chi connectivity index (χ3v) is 6.26. The number of nitrogens with one attached hydrogen (secondary N) is 2. The first-order valence-corrected chi connectivity index (χ1v) is 11.5. The molecule has 3 aromatic carbocycles. The number of methoxy groups -OCH3 is 1. The predicted molar refractivity (Wildman–Crippen MR) is 124 cm³/mol. The van der Waals surface area contributed by atoms with Crippen LogP contribution in [0.15, 0.2) is 90.1 Å². The van der Waals surface area contributed by atoms with Crippen molar-refractivity contribution in [2.24, 2.45) is 0 Å². The molecule has 168 valence electrons. The lowest BCUT2D eigenvalue weighted by molar-refractivity contribution is 0.416. The summed E-state index contributed by atoms with van der Waals surface area (Å²) in [6, 6.07) is 21.3. The van der Waals surface area contributed by atoms with Crippen molar-refractivity contribution in [1.29, 1.82) is 0 Å². The first kappa shape index (κ1) is 22.4. The van der Waals surface area contributed by atoms with E-state index in [1.165, 1.54) is 18.5 Å². The Kier molecular flexibility index (Phi) is 6.62. The van der Waals surface area contributed by atoms with Gasteiger partial charge in [0, 0.05) is 23.9 Å². The summed E-state index contributed by atoms with van der Waals surface area (Å²) in [5, 5.41) is 3.22. The van der Waals surface area contributed by atoms with Gasteiger partial charge in [-0.3, -0.25) is 0 Å². The lowest BCUT2D eigenvalue weighted by Crippen LogP contribution is -2.23. The van der Waals surface area contributed by atoms with Crippen LogP contribution in [0, 0.1) is 5.82 Å². The van der Waals surface area contributed by atoms with Gasteiger partial charge in [0.05, 0.1) is 17.7 Å². The largest absolute Gasteiger partial charge is 0.496 e.